The number of ether oxygens (including phenoxy) is 3. The van der Waals surface area contributed by atoms with Crippen LogP contribution in [-0.4, -0.2) is 55.0 Å². The highest BCUT2D eigenvalue weighted by Gasteiger charge is 2.40. The van der Waals surface area contributed by atoms with Gasteiger partial charge in [-0.1, -0.05) is 0 Å². The molecule has 1 spiro atoms. The van der Waals surface area contributed by atoms with Crippen molar-refractivity contribution in [1.29, 1.82) is 0 Å². The van der Waals surface area contributed by atoms with E-state index in [4.69, 9.17) is 14.2 Å². The van der Waals surface area contributed by atoms with E-state index in [1.54, 1.807) is 13.0 Å². The summed E-state index contributed by atoms with van der Waals surface area (Å²) in [7, 11) is 0. The summed E-state index contributed by atoms with van der Waals surface area (Å²) in [6, 6.07) is 3.55. The third-order valence-corrected chi connectivity index (χ3v) is 3.82. The van der Waals surface area contributed by atoms with Crippen molar-refractivity contribution in [3.8, 4) is 0 Å². The Bertz CT molecular complexity index is 506. The fraction of sp³-hybridized carbons (Fsp3) is 0.643. The Morgan fingerprint density at radius 3 is 2.64 bits per heavy atom. The molecule has 0 aromatic carbocycles. The topological polar surface area (TPSA) is 85.8 Å². The van der Waals surface area contributed by atoms with Crippen molar-refractivity contribution in [2.24, 2.45) is 0 Å². The summed E-state index contributed by atoms with van der Waals surface area (Å²) < 4.78 is 16.2. The lowest BCUT2D eigenvalue weighted by Gasteiger charge is -2.37. The molecular weight excluding hydrogens is 288 g/mol. The molecule has 1 aromatic heterocycles. The van der Waals surface area contributed by atoms with Gasteiger partial charge in [0, 0.05) is 25.9 Å². The van der Waals surface area contributed by atoms with Crippen molar-refractivity contribution < 1.29 is 19.0 Å². The van der Waals surface area contributed by atoms with Crippen LogP contribution < -0.4 is 10.2 Å². The number of carbonyl (C=O) groups is 1. The van der Waals surface area contributed by atoms with Crippen molar-refractivity contribution in [2.75, 3.05) is 43.1 Å². The van der Waals surface area contributed by atoms with Crippen LogP contribution in [0.25, 0.3) is 0 Å². The van der Waals surface area contributed by atoms with Crippen molar-refractivity contribution in [2.45, 2.75) is 25.6 Å². The predicted octanol–water partition coefficient (Wildman–Crippen LogP) is 1.39. The fourth-order valence-corrected chi connectivity index (χ4v) is 2.69. The van der Waals surface area contributed by atoms with Crippen LogP contribution in [0.2, 0.25) is 0 Å². The van der Waals surface area contributed by atoms with Gasteiger partial charge in [0.25, 0.3) is 0 Å². The minimum absolute atomic E-state index is 0.316. The molecule has 3 rings (SSSR count). The van der Waals surface area contributed by atoms with Gasteiger partial charge < -0.3 is 19.1 Å². The van der Waals surface area contributed by atoms with E-state index in [9.17, 15) is 4.79 Å². The van der Waals surface area contributed by atoms with E-state index < -0.39 is 11.9 Å². The molecule has 0 bridgehead atoms. The molecule has 0 aliphatic carbocycles. The quantitative estimate of drug-likeness (QED) is 0.903. The number of hydrogen-bond donors (Lipinski definition) is 1. The van der Waals surface area contributed by atoms with E-state index in [0.29, 0.717) is 25.6 Å². The fourth-order valence-electron chi connectivity index (χ4n) is 2.69. The third-order valence-electron chi connectivity index (χ3n) is 3.82. The maximum absolute atomic E-state index is 11.3. The predicted molar refractivity (Wildman–Crippen MR) is 78.8 cm³/mol. The molecule has 0 unspecified atom stereocenters. The zero-order valence-electron chi connectivity index (χ0n) is 12.6. The van der Waals surface area contributed by atoms with Crippen LogP contribution in [0.1, 0.15) is 19.8 Å². The summed E-state index contributed by atoms with van der Waals surface area (Å²) in [6.07, 6.45) is 1.11. The van der Waals surface area contributed by atoms with E-state index in [1.165, 1.54) is 0 Å². The van der Waals surface area contributed by atoms with Crippen LogP contribution >= 0.6 is 0 Å². The second-order valence-corrected chi connectivity index (χ2v) is 5.22. The molecule has 8 nitrogen and oxygen atoms in total. The largest absolute Gasteiger partial charge is 0.450 e. The van der Waals surface area contributed by atoms with Crippen LogP contribution in [0.15, 0.2) is 12.1 Å². The molecule has 8 heteroatoms. The molecule has 2 aliphatic heterocycles. The molecule has 0 atom stereocenters. The zero-order valence-corrected chi connectivity index (χ0v) is 12.6. The minimum atomic E-state index is -0.528. The summed E-state index contributed by atoms with van der Waals surface area (Å²) in [5.41, 5.74) is 0. The van der Waals surface area contributed by atoms with Gasteiger partial charge in [-0.3, -0.25) is 5.32 Å². The molecule has 22 heavy (non-hydrogen) atoms. The number of amides is 1. The lowest BCUT2D eigenvalue weighted by molar-refractivity contribution is -0.169. The minimum Gasteiger partial charge on any atom is -0.450 e. The summed E-state index contributed by atoms with van der Waals surface area (Å²) in [6.45, 7) is 5.02. The highest BCUT2D eigenvalue weighted by molar-refractivity contribution is 5.83. The van der Waals surface area contributed by atoms with Gasteiger partial charge >= 0.3 is 6.09 Å². The van der Waals surface area contributed by atoms with Crippen molar-refractivity contribution in [1.82, 2.24) is 10.2 Å². The van der Waals surface area contributed by atoms with Gasteiger partial charge in [-0.15, -0.1) is 10.2 Å². The maximum Gasteiger partial charge on any atom is 0.412 e. The smallest absolute Gasteiger partial charge is 0.412 e. The molecule has 120 valence electrons. The highest BCUT2D eigenvalue weighted by atomic mass is 16.7. The number of carbonyl (C=O) groups excluding carboxylic acids is 1. The molecule has 1 N–H and O–H groups in total. The van der Waals surface area contributed by atoms with E-state index in [1.807, 2.05) is 6.07 Å². The number of nitrogens with one attached hydrogen (secondary N) is 1. The zero-order chi connectivity index (χ0) is 15.4. The van der Waals surface area contributed by atoms with Crippen molar-refractivity contribution in [3.63, 3.8) is 0 Å². The number of aromatic nitrogens is 2. The monoisotopic (exact) mass is 308 g/mol. The molecule has 1 amide bonds. The number of piperidine rings is 1. The molecule has 0 radical (unpaired) electrons. The second-order valence-electron chi connectivity index (χ2n) is 5.22. The Morgan fingerprint density at radius 1 is 1.32 bits per heavy atom. The molecule has 1 aromatic rings. The maximum atomic E-state index is 11.3. The normalized spacial score (nSPS) is 20.1. The average molecular weight is 308 g/mol. The van der Waals surface area contributed by atoms with Crippen LogP contribution in [-0.2, 0) is 14.2 Å². The van der Waals surface area contributed by atoms with Crippen LogP contribution in [0.5, 0.6) is 0 Å². The van der Waals surface area contributed by atoms with Gasteiger partial charge in [-0.2, -0.15) is 0 Å². The Hall–Kier alpha value is -1.93. The Labute approximate surface area is 128 Å². The first kappa shape index (κ1) is 15.0. The van der Waals surface area contributed by atoms with E-state index in [2.05, 4.69) is 20.4 Å². The van der Waals surface area contributed by atoms with Gasteiger partial charge in [0.05, 0.1) is 19.8 Å². The summed E-state index contributed by atoms with van der Waals surface area (Å²) in [5, 5.41) is 10.7. The summed E-state index contributed by atoms with van der Waals surface area (Å²) >= 11 is 0. The van der Waals surface area contributed by atoms with Crippen LogP contribution in [0.4, 0.5) is 16.4 Å². The van der Waals surface area contributed by atoms with E-state index >= 15 is 0 Å². The molecule has 2 aliphatic rings. The lowest BCUT2D eigenvalue weighted by Crippen LogP contribution is -2.45. The summed E-state index contributed by atoms with van der Waals surface area (Å²) in [5.74, 6) is 0.760. The molecule has 0 saturated carbocycles. The van der Waals surface area contributed by atoms with Gasteiger partial charge in [0.1, 0.15) is 0 Å². The lowest BCUT2D eigenvalue weighted by atomic mass is 10.0. The molecule has 2 fully saturated rings. The first-order valence-corrected chi connectivity index (χ1v) is 7.51. The third kappa shape index (κ3) is 3.28. The number of nitrogens with zero attached hydrogens (tertiary/aromatic N) is 3. The first-order valence-electron chi connectivity index (χ1n) is 7.51. The standard InChI is InChI=1S/C14H20N4O4/c1-2-20-13(19)15-11-3-4-12(17-16-11)18-7-5-14(6-8-18)21-9-10-22-14/h3-4H,2,5-10H2,1H3,(H,15,16,19). The van der Waals surface area contributed by atoms with Crippen LogP contribution in [0, 0.1) is 0 Å². The number of rotatable bonds is 3. The van der Waals surface area contributed by atoms with Crippen LogP contribution in [0.3, 0.4) is 0 Å². The van der Waals surface area contributed by atoms with Gasteiger partial charge in [0.15, 0.2) is 17.4 Å². The second kappa shape index (κ2) is 6.45. The number of anilines is 2. The SMILES string of the molecule is CCOC(=O)Nc1ccc(N2CCC3(CC2)OCCO3)nn1. The van der Waals surface area contributed by atoms with E-state index in [0.717, 1.165) is 31.7 Å². The van der Waals surface area contributed by atoms with Gasteiger partial charge in [-0.05, 0) is 19.1 Å². The van der Waals surface area contributed by atoms with Crippen molar-refractivity contribution in [3.05, 3.63) is 12.1 Å². The van der Waals surface area contributed by atoms with Crippen molar-refractivity contribution >= 4 is 17.7 Å². The Balaban J connectivity index is 1.56. The molecule has 2 saturated heterocycles. The Kier molecular flexibility index (Phi) is 4.39. The molecule has 3 heterocycles. The van der Waals surface area contributed by atoms with Gasteiger partial charge in [-0.25, -0.2) is 4.79 Å². The molecular formula is C14H20N4O4. The van der Waals surface area contributed by atoms with E-state index in [-0.39, 0.29) is 0 Å². The van der Waals surface area contributed by atoms with Gasteiger partial charge in [0.2, 0.25) is 0 Å². The average Bonchev–Trinajstić information content (AvgIpc) is 2.97. The number of hydrogen-bond acceptors (Lipinski definition) is 7. The highest BCUT2D eigenvalue weighted by Crippen LogP contribution is 2.32. The summed E-state index contributed by atoms with van der Waals surface area (Å²) in [4.78, 5) is 13.4. The Morgan fingerprint density at radius 2 is 2.05 bits per heavy atom. The first-order chi connectivity index (χ1) is 10.7.